The first-order valence-electron chi connectivity index (χ1n) is 25.4. The van der Waals surface area contributed by atoms with Crippen molar-refractivity contribution in [1.29, 1.82) is 0 Å². The summed E-state index contributed by atoms with van der Waals surface area (Å²) in [5.74, 6) is 0. The van der Waals surface area contributed by atoms with E-state index in [1.54, 1.807) is 20.9 Å². The Bertz CT molecular complexity index is 1530. The van der Waals surface area contributed by atoms with Crippen LogP contribution in [0.15, 0.2) is 24.3 Å². The molecule has 2 aromatic heterocycles. The van der Waals surface area contributed by atoms with Gasteiger partial charge in [-0.1, -0.05) is 0 Å². The topological polar surface area (TPSA) is 0 Å². The molecule has 1 aromatic carbocycles. The maximum absolute atomic E-state index is 3.01. The van der Waals surface area contributed by atoms with Gasteiger partial charge in [-0.3, -0.25) is 0 Å². The number of unbranched alkanes of at least 4 members (excludes halogenated alkanes) is 20. The molecular weight excluding hydrogens is 982 g/mol. The molecule has 2 aliphatic rings. The van der Waals surface area contributed by atoms with Gasteiger partial charge in [-0.05, 0) is 0 Å². The van der Waals surface area contributed by atoms with Crippen LogP contribution in [0.4, 0.5) is 0 Å². The van der Waals surface area contributed by atoms with Gasteiger partial charge in [-0.25, -0.2) is 0 Å². The van der Waals surface area contributed by atoms with Gasteiger partial charge in [0.1, 0.15) is 0 Å². The van der Waals surface area contributed by atoms with Gasteiger partial charge >= 0.3 is 383 Å². The van der Waals surface area contributed by atoms with Crippen LogP contribution >= 0.6 is 22.7 Å². The molecule has 0 spiro atoms. The minimum atomic E-state index is -2.28. The predicted octanol–water partition coefficient (Wildman–Crippen LogP) is 15.4. The van der Waals surface area contributed by atoms with E-state index in [2.05, 4.69) is 104 Å². The van der Waals surface area contributed by atoms with Gasteiger partial charge in [0.2, 0.25) is 0 Å². The maximum atomic E-state index is 3.01. The fourth-order valence-electron chi connectivity index (χ4n) is 10.8. The molecular formula is C52H90S2Si2Sn2. The van der Waals surface area contributed by atoms with E-state index in [4.69, 9.17) is 0 Å². The van der Waals surface area contributed by atoms with E-state index in [9.17, 15) is 0 Å². The number of fused-ring (bicyclic) bond motifs is 6. The summed E-state index contributed by atoms with van der Waals surface area (Å²) in [5, 5.41) is 7.73. The second kappa shape index (κ2) is 23.5. The quantitative estimate of drug-likeness (QED) is 0.0461. The molecule has 58 heavy (non-hydrogen) atoms. The van der Waals surface area contributed by atoms with Crippen molar-refractivity contribution in [2.45, 2.75) is 236 Å². The van der Waals surface area contributed by atoms with E-state index in [1.807, 2.05) is 26.5 Å². The number of thiophene rings is 2. The van der Waals surface area contributed by atoms with E-state index in [-0.39, 0.29) is 0 Å². The summed E-state index contributed by atoms with van der Waals surface area (Å²) in [4.78, 5) is 19.8. The molecule has 0 atom stereocenters. The number of hydrogen-bond donors (Lipinski definition) is 0. The molecule has 0 saturated heterocycles. The SMILES string of the molecule is CCCCCCCC[Si]1(CCCCCCCC)c2cc3c(cc2-c2s[c]([Sn]([CH3])([CH3])[CH3])cc21)[Si](CCCCCCCC)(CCCCCCCC)c1c[c]([Sn]([CH3])([CH3])[CH3])sc1-3. The van der Waals surface area contributed by atoms with Crippen LogP contribution in [-0.4, -0.2) is 52.9 Å². The number of hydrogen-bond acceptors (Lipinski definition) is 2. The van der Waals surface area contributed by atoms with Gasteiger partial charge in [-0.2, -0.15) is 0 Å². The van der Waals surface area contributed by atoms with Crippen LogP contribution in [0.1, 0.15) is 182 Å². The van der Waals surface area contributed by atoms with E-state index < -0.39 is 52.9 Å². The van der Waals surface area contributed by atoms with Crippen LogP contribution < -0.4 is 26.5 Å². The van der Waals surface area contributed by atoms with Crippen LogP contribution in [-0.2, 0) is 0 Å². The molecule has 0 unspecified atom stereocenters. The molecule has 0 aliphatic carbocycles. The summed E-state index contributed by atoms with van der Waals surface area (Å²) in [6.07, 6.45) is 34.2. The van der Waals surface area contributed by atoms with Crippen LogP contribution in [0.25, 0.3) is 20.9 Å². The standard InChI is InChI=1S/C46H72S2Si2.6CH3.2Sn/c1-5-9-13-17-21-25-33-49(34-26-22-18-14-10-6-2)41-29-31-47-45(41)39-38-44-40(37-43(39)49)46-42(30-32-48-46)50(44,35-27-23-19-15-11-7-3)36-28-24-20-16-12-8-4;;;;;;;;/h29-30,37-38H,5-28,33-36H2,1-4H3;6*1H3;;. The predicted molar refractivity (Wildman–Crippen MR) is 282 cm³/mol. The Balaban J connectivity index is 1.66. The van der Waals surface area contributed by atoms with E-state index >= 15 is 0 Å². The van der Waals surface area contributed by atoms with Crippen LogP contribution in [0.5, 0.6) is 0 Å². The summed E-state index contributed by atoms with van der Waals surface area (Å²) in [6, 6.07) is 17.9. The van der Waals surface area contributed by atoms with E-state index in [0.717, 1.165) is 0 Å². The zero-order valence-electron chi connectivity index (χ0n) is 39.9. The Morgan fingerprint density at radius 3 is 0.862 bits per heavy atom. The van der Waals surface area contributed by atoms with Gasteiger partial charge in [0.05, 0.1) is 0 Å². The fourth-order valence-corrected chi connectivity index (χ4v) is 37.0. The normalized spacial score (nSPS) is 15.2. The third-order valence-corrected chi connectivity index (χ3v) is 46.6. The molecule has 0 N–H and O–H groups in total. The fraction of sp³-hybridized carbons (Fsp3) is 0.731. The molecule has 0 saturated carbocycles. The number of benzene rings is 1. The third-order valence-electron chi connectivity index (χ3n) is 14.5. The average molecular weight is 1070 g/mol. The van der Waals surface area contributed by atoms with Crippen LogP contribution in [0.2, 0.25) is 53.8 Å². The van der Waals surface area contributed by atoms with Gasteiger partial charge < -0.3 is 0 Å². The summed E-state index contributed by atoms with van der Waals surface area (Å²) >= 11 is 0.0909. The van der Waals surface area contributed by atoms with E-state index in [0.29, 0.717) is 0 Å². The van der Waals surface area contributed by atoms with Crippen molar-refractivity contribution in [2.75, 3.05) is 0 Å². The average Bonchev–Trinajstić information content (AvgIpc) is 3.94. The van der Waals surface area contributed by atoms with Gasteiger partial charge in [0.15, 0.2) is 0 Å². The Kier molecular flexibility index (Phi) is 20.2. The van der Waals surface area contributed by atoms with Crippen LogP contribution in [0.3, 0.4) is 0 Å². The molecule has 0 amide bonds. The third kappa shape index (κ3) is 12.1. The Labute approximate surface area is 379 Å². The number of rotatable bonds is 30. The van der Waals surface area contributed by atoms with Crippen molar-refractivity contribution in [2.24, 2.45) is 0 Å². The molecule has 0 bridgehead atoms. The molecule has 6 heteroatoms. The Morgan fingerprint density at radius 2 is 0.603 bits per heavy atom. The Hall–Kier alpha value is 0.651. The van der Waals surface area contributed by atoms with Gasteiger partial charge in [-0.15, -0.1) is 0 Å². The zero-order valence-corrected chi connectivity index (χ0v) is 49.3. The van der Waals surface area contributed by atoms with Crippen LogP contribution in [0, 0.1) is 0 Å². The second-order valence-electron chi connectivity index (χ2n) is 21.4. The minimum absolute atomic E-state index is 1.35. The van der Waals surface area contributed by atoms with Crippen molar-refractivity contribution in [1.82, 2.24) is 0 Å². The summed E-state index contributed by atoms with van der Waals surface area (Å²) in [7, 11) is -3.84. The zero-order chi connectivity index (χ0) is 41.8. The summed E-state index contributed by atoms with van der Waals surface area (Å²) in [5.41, 5.74) is 3.58. The van der Waals surface area contributed by atoms with Crippen molar-refractivity contribution in [3.63, 3.8) is 0 Å². The molecule has 3 aromatic rings. The van der Waals surface area contributed by atoms with Crippen molar-refractivity contribution >= 4 is 102 Å². The monoisotopic (exact) mass is 1070 g/mol. The van der Waals surface area contributed by atoms with Gasteiger partial charge in [0, 0.05) is 0 Å². The Morgan fingerprint density at radius 1 is 0.345 bits per heavy atom. The summed E-state index contributed by atoms with van der Waals surface area (Å²) in [6.45, 7) is 9.49. The first kappa shape index (κ1) is 49.7. The van der Waals surface area contributed by atoms with Crippen molar-refractivity contribution in [3.05, 3.63) is 24.3 Å². The van der Waals surface area contributed by atoms with Crippen molar-refractivity contribution < 1.29 is 0 Å². The summed E-state index contributed by atoms with van der Waals surface area (Å²) < 4.78 is 3.72. The molecule has 326 valence electrons. The molecule has 0 radical (unpaired) electrons. The molecule has 0 fully saturated rings. The molecule has 2 aliphatic heterocycles. The molecule has 0 nitrogen and oxygen atoms in total. The van der Waals surface area contributed by atoms with Gasteiger partial charge in [0.25, 0.3) is 0 Å². The first-order chi connectivity index (χ1) is 27.9. The second-order valence-corrected chi connectivity index (χ2v) is 62.8. The molecule has 5 rings (SSSR count). The van der Waals surface area contributed by atoms with E-state index in [1.165, 1.54) is 178 Å². The molecule has 4 heterocycles. The van der Waals surface area contributed by atoms with Crippen molar-refractivity contribution in [3.8, 4) is 20.9 Å². The first-order valence-corrected chi connectivity index (χ1v) is 51.8.